The maximum Gasteiger partial charge on any atom is 0.296 e. The summed E-state index contributed by atoms with van der Waals surface area (Å²) < 4.78 is 63.9. The molecule has 0 spiro atoms. The Morgan fingerprint density at radius 1 is 1.09 bits per heavy atom. The Hall–Kier alpha value is -2.28. The van der Waals surface area contributed by atoms with E-state index in [0.717, 1.165) is 18.2 Å². The van der Waals surface area contributed by atoms with Crippen LogP contribution >= 0.6 is 0 Å². The molecule has 124 valence electrons. The van der Waals surface area contributed by atoms with Gasteiger partial charge in [-0.1, -0.05) is 0 Å². The van der Waals surface area contributed by atoms with Gasteiger partial charge in [0.2, 0.25) is 0 Å². The SMILES string of the molecule is CC(=O)c1cc(=O)n(-c2ccc(S(=O)(=O)O)cc2S(=O)(=O)O)[nH]1. The van der Waals surface area contributed by atoms with Gasteiger partial charge in [0.25, 0.3) is 25.8 Å². The summed E-state index contributed by atoms with van der Waals surface area (Å²) >= 11 is 0. The Morgan fingerprint density at radius 3 is 2.13 bits per heavy atom. The van der Waals surface area contributed by atoms with Crippen molar-refractivity contribution in [3.63, 3.8) is 0 Å². The summed E-state index contributed by atoms with van der Waals surface area (Å²) in [7, 11) is -9.66. The van der Waals surface area contributed by atoms with E-state index in [0.29, 0.717) is 10.7 Å². The summed E-state index contributed by atoms with van der Waals surface area (Å²) in [5, 5.41) is 2.34. The fraction of sp³-hybridized carbons (Fsp3) is 0.0909. The van der Waals surface area contributed by atoms with Crippen molar-refractivity contribution in [2.24, 2.45) is 0 Å². The van der Waals surface area contributed by atoms with Crippen molar-refractivity contribution in [1.29, 1.82) is 0 Å². The van der Waals surface area contributed by atoms with Gasteiger partial charge in [-0.3, -0.25) is 23.8 Å². The highest BCUT2D eigenvalue weighted by Gasteiger charge is 2.23. The zero-order valence-corrected chi connectivity index (χ0v) is 13.1. The molecule has 0 aliphatic rings. The van der Waals surface area contributed by atoms with Crippen LogP contribution in [0.2, 0.25) is 0 Å². The van der Waals surface area contributed by atoms with Crippen LogP contribution in [0, 0.1) is 0 Å². The van der Waals surface area contributed by atoms with Crippen molar-refractivity contribution in [2.75, 3.05) is 0 Å². The molecule has 0 saturated carbocycles. The minimum atomic E-state index is -4.93. The van der Waals surface area contributed by atoms with Crippen molar-refractivity contribution in [3.05, 3.63) is 40.3 Å². The predicted molar refractivity (Wildman–Crippen MR) is 76.0 cm³/mol. The second kappa shape index (κ2) is 5.42. The van der Waals surface area contributed by atoms with Crippen molar-refractivity contribution < 1.29 is 30.7 Å². The molecule has 2 aromatic rings. The average Bonchev–Trinajstić information content (AvgIpc) is 2.78. The number of rotatable bonds is 4. The third-order valence-corrected chi connectivity index (χ3v) is 4.58. The molecule has 23 heavy (non-hydrogen) atoms. The lowest BCUT2D eigenvalue weighted by Crippen LogP contribution is -2.17. The molecule has 0 atom stereocenters. The zero-order chi connectivity index (χ0) is 17.6. The zero-order valence-electron chi connectivity index (χ0n) is 11.4. The summed E-state index contributed by atoms with van der Waals surface area (Å²) in [5.74, 6) is -0.496. The van der Waals surface area contributed by atoms with Crippen molar-refractivity contribution in [1.82, 2.24) is 9.78 Å². The fourth-order valence-electron chi connectivity index (χ4n) is 1.80. The Kier molecular flexibility index (Phi) is 4.02. The van der Waals surface area contributed by atoms with Gasteiger partial charge in [0.1, 0.15) is 10.6 Å². The summed E-state index contributed by atoms with van der Waals surface area (Å²) in [6.45, 7) is 1.17. The highest BCUT2D eigenvalue weighted by atomic mass is 32.2. The Balaban J connectivity index is 2.83. The number of benzene rings is 1. The first-order valence-electron chi connectivity index (χ1n) is 5.83. The summed E-state index contributed by atoms with van der Waals surface area (Å²) in [6.07, 6.45) is 0. The van der Waals surface area contributed by atoms with Gasteiger partial charge < -0.3 is 0 Å². The maximum atomic E-state index is 11.8. The first kappa shape index (κ1) is 17.1. The Morgan fingerprint density at radius 2 is 1.70 bits per heavy atom. The van der Waals surface area contributed by atoms with Crippen LogP contribution in [0.25, 0.3) is 5.69 Å². The first-order chi connectivity index (χ1) is 10.4. The molecule has 2 rings (SSSR count). The van der Waals surface area contributed by atoms with E-state index in [-0.39, 0.29) is 5.69 Å². The van der Waals surface area contributed by atoms with Crippen LogP contribution in [0.4, 0.5) is 0 Å². The van der Waals surface area contributed by atoms with E-state index >= 15 is 0 Å². The molecule has 0 bridgehead atoms. The molecule has 0 saturated heterocycles. The van der Waals surface area contributed by atoms with Crippen LogP contribution in [0.15, 0.2) is 38.9 Å². The standard InChI is InChI=1S/C11H10N2O8S2/c1-6(14)8-5-11(15)13(12-8)9-3-2-7(22(16,17)18)4-10(9)23(19,20)21/h2-5,12H,1H3,(H,16,17,18)(H,19,20,21). The van der Waals surface area contributed by atoms with Gasteiger partial charge >= 0.3 is 0 Å². The summed E-state index contributed by atoms with van der Waals surface area (Å²) in [5.41, 5.74) is -1.34. The van der Waals surface area contributed by atoms with E-state index in [2.05, 4.69) is 5.10 Å². The van der Waals surface area contributed by atoms with Crippen LogP contribution in [-0.2, 0) is 20.2 Å². The lowest BCUT2D eigenvalue weighted by Gasteiger charge is -2.09. The minimum Gasteiger partial charge on any atom is -0.293 e. The molecule has 1 heterocycles. The van der Waals surface area contributed by atoms with Crippen molar-refractivity contribution >= 4 is 26.0 Å². The molecular formula is C11H10N2O8S2. The molecule has 0 amide bonds. The number of Topliss-reactive ketones (excluding diaryl/α,β-unsaturated/α-hetero) is 1. The molecule has 1 aromatic carbocycles. The highest BCUT2D eigenvalue weighted by Crippen LogP contribution is 2.22. The average molecular weight is 362 g/mol. The molecule has 10 nitrogen and oxygen atoms in total. The second-order valence-corrected chi connectivity index (χ2v) is 7.29. The predicted octanol–water partition coefficient (Wildman–Crippen LogP) is -0.138. The Labute approximate surface area is 129 Å². The normalized spacial score (nSPS) is 12.3. The number of aromatic amines is 1. The van der Waals surface area contributed by atoms with Gasteiger partial charge in [0.05, 0.1) is 10.6 Å². The number of carbonyl (C=O) groups excluding carboxylic acids is 1. The molecule has 0 radical (unpaired) electrons. The van der Waals surface area contributed by atoms with E-state index in [4.69, 9.17) is 4.55 Å². The lowest BCUT2D eigenvalue weighted by molar-refractivity contribution is 0.101. The van der Waals surface area contributed by atoms with Gasteiger partial charge in [-0.05, 0) is 18.2 Å². The second-order valence-electron chi connectivity index (χ2n) is 4.48. The van der Waals surface area contributed by atoms with Crippen LogP contribution in [-0.4, -0.2) is 41.5 Å². The molecule has 0 aliphatic heterocycles. The number of aromatic nitrogens is 2. The van der Waals surface area contributed by atoms with Gasteiger partial charge in [0, 0.05) is 13.0 Å². The largest absolute Gasteiger partial charge is 0.296 e. The van der Waals surface area contributed by atoms with Crippen molar-refractivity contribution in [3.8, 4) is 5.69 Å². The number of nitrogens with one attached hydrogen (secondary N) is 1. The molecule has 0 aliphatic carbocycles. The first-order valence-corrected chi connectivity index (χ1v) is 8.71. The number of H-pyrrole nitrogens is 1. The third-order valence-electron chi connectivity index (χ3n) is 2.85. The van der Waals surface area contributed by atoms with Crippen LogP contribution < -0.4 is 5.56 Å². The van der Waals surface area contributed by atoms with Crippen LogP contribution in [0.3, 0.4) is 0 Å². The van der Waals surface area contributed by atoms with E-state index in [1.807, 2.05) is 0 Å². The van der Waals surface area contributed by atoms with Gasteiger partial charge in [0.15, 0.2) is 5.78 Å². The van der Waals surface area contributed by atoms with Gasteiger partial charge in [-0.25, -0.2) is 4.68 Å². The smallest absolute Gasteiger partial charge is 0.293 e. The van der Waals surface area contributed by atoms with E-state index in [1.54, 1.807) is 0 Å². The maximum absolute atomic E-state index is 11.8. The number of hydrogen-bond acceptors (Lipinski definition) is 6. The third kappa shape index (κ3) is 3.39. The summed E-state index contributed by atoms with van der Waals surface area (Å²) in [6, 6.07) is 3.11. The molecule has 0 fully saturated rings. The molecule has 0 unspecified atom stereocenters. The van der Waals surface area contributed by atoms with Crippen LogP contribution in [0.1, 0.15) is 17.4 Å². The number of ketones is 1. The van der Waals surface area contributed by atoms with E-state index < -0.39 is 47.1 Å². The van der Waals surface area contributed by atoms with Gasteiger partial charge in [-0.2, -0.15) is 16.8 Å². The minimum absolute atomic E-state index is 0.116. The molecule has 3 N–H and O–H groups in total. The lowest BCUT2D eigenvalue weighted by atomic mass is 10.3. The molecule has 12 heteroatoms. The molecule has 1 aromatic heterocycles. The molecular weight excluding hydrogens is 352 g/mol. The van der Waals surface area contributed by atoms with Gasteiger partial charge in [-0.15, -0.1) is 0 Å². The fourth-order valence-corrected chi connectivity index (χ4v) is 3.08. The number of nitrogens with zero attached hydrogens (tertiary/aromatic N) is 1. The Bertz CT molecular complexity index is 1060. The van der Waals surface area contributed by atoms with Crippen molar-refractivity contribution in [2.45, 2.75) is 16.7 Å². The van der Waals surface area contributed by atoms with Crippen LogP contribution in [0.5, 0.6) is 0 Å². The topological polar surface area (TPSA) is 164 Å². The number of hydrogen-bond donors (Lipinski definition) is 3. The summed E-state index contributed by atoms with van der Waals surface area (Å²) in [4.78, 5) is 21.4. The van der Waals surface area contributed by atoms with E-state index in [1.165, 1.54) is 6.92 Å². The number of carbonyl (C=O) groups is 1. The quantitative estimate of drug-likeness (QED) is 0.499. The van der Waals surface area contributed by atoms with E-state index in [9.17, 15) is 31.0 Å². The monoisotopic (exact) mass is 362 g/mol. The highest BCUT2D eigenvalue weighted by molar-refractivity contribution is 7.86.